The second-order valence-electron chi connectivity index (χ2n) is 4.48. The predicted molar refractivity (Wildman–Crippen MR) is 62.6 cm³/mol. The average Bonchev–Trinajstić information content (AvgIpc) is 2.45. The molecule has 0 spiro atoms. The number of rotatable bonds is 5. The standard InChI is InChI=1S/C11H5F9N2O3/c12-8(13,9(14,15)10(16,17)11(18,19)20)7(23)21-5-2-1-3-6(4-5)22(24)25/h1-4H,(H,21,23). The molecule has 0 aliphatic heterocycles. The minimum absolute atomic E-state index is 0.397. The Balaban J connectivity index is 3.19. The number of amides is 1. The summed E-state index contributed by atoms with van der Waals surface area (Å²) >= 11 is 0. The highest BCUT2D eigenvalue weighted by molar-refractivity contribution is 5.97. The Morgan fingerprint density at radius 3 is 1.92 bits per heavy atom. The molecule has 1 amide bonds. The van der Waals surface area contributed by atoms with Crippen molar-refractivity contribution in [2.75, 3.05) is 5.32 Å². The Labute approximate surface area is 131 Å². The van der Waals surface area contributed by atoms with Gasteiger partial charge >= 0.3 is 29.9 Å². The molecule has 0 heterocycles. The summed E-state index contributed by atoms with van der Waals surface area (Å²) in [6.07, 6.45) is -7.06. The van der Waals surface area contributed by atoms with E-state index in [2.05, 4.69) is 0 Å². The summed E-state index contributed by atoms with van der Waals surface area (Å²) in [6.45, 7) is 0. The highest BCUT2D eigenvalue weighted by Crippen LogP contribution is 2.53. The number of alkyl halides is 9. The fourth-order valence-corrected chi connectivity index (χ4v) is 1.42. The molecule has 1 N–H and O–H groups in total. The van der Waals surface area contributed by atoms with Gasteiger partial charge in [0.25, 0.3) is 5.69 Å². The third-order valence-electron chi connectivity index (χ3n) is 2.74. The molecule has 0 aromatic heterocycles. The van der Waals surface area contributed by atoms with Gasteiger partial charge in [0.15, 0.2) is 0 Å². The average molecular weight is 384 g/mol. The molecular weight excluding hydrogens is 379 g/mol. The molecule has 25 heavy (non-hydrogen) atoms. The summed E-state index contributed by atoms with van der Waals surface area (Å²) in [5.41, 5.74) is -1.70. The minimum atomic E-state index is -7.22. The molecule has 0 bridgehead atoms. The van der Waals surface area contributed by atoms with Gasteiger partial charge < -0.3 is 5.32 Å². The number of carbonyl (C=O) groups is 1. The Morgan fingerprint density at radius 1 is 0.960 bits per heavy atom. The summed E-state index contributed by atoms with van der Waals surface area (Å²) in [5, 5.41) is 11.4. The van der Waals surface area contributed by atoms with Crippen molar-refractivity contribution < 1.29 is 49.2 Å². The Morgan fingerprint density at radius 2 is 1.48 bits per heavy atom. The topological polar surface area (TPSA) is 72.2 Å². The van der Waals surface area contributed by atoms with Gasteiger partial charge in [-0.1, -0.05) is 6.07 Å². The van der Waals surface area contributed by atoms with Crippen LogP contribution < -0.4 is 5.32 Å². The first-order valence-electron chi connectivity index (χ1n) is 5.82. The van der Waals surface area contributed by atoms with Crippen molar-refractivity contribution in [3.8, 4) is 0 Å². The van der Waals surface area contributed by atoms with Gasteiger partial charge in [-0.05, 0) is 6.07 Å². The van der Waals surface area contributed by atoms with Crippen molar-refractivity contribution in [3.63, 3.8) is 0 Å². The number of carbonyl (C=O) groups excluding carboxylic acids is 1. The van der Waals surface area contributed by atoms with Gasteiger partial charge in [0.1, 0.15) is 0 Å². The maximum Gasteiger partial charge on any atom is 0.460 e. The number of anilines is 1. The van der Waals surface area contributed by atoms with Gasteiger partial charge in [-0.15, -0.1) is 0 Å². The fourth-order valence-electron chi connectivity index (χ4n) is 1.42. The van der Waals surface area contributed by atoms with Gasteiger partial charge in [-0.3, -0.25) is 14.9 Å². The molecule has 0 fully saturated rings. The molecule has 1 aromatic carbocycles. The lowest BCUT2D eigenvalue weighted by Gasteiger charge is -2.32. The zero-order valence-electron chi connectivity index (χ0n) is 11.4. The molecule has 0 saturated heterocycles. The van der Waals surface area contributed by atoms with Gasteiger partial charge in [-0.25, -0.2) is 0 Å². The Bertz CT molecular complexity index is 688. The number of hydrogen-bond acceptors (Lipinski definition) is 3. The zero-order chi connectivity index (χ0) is 19.8. The van der Waals surface area contributed by atoms with Crippen LogP contribution in [0.25, 0.3) is 0 Å². The lowest BCUT2D eigenvalue weighted by Crippen LogP contribution is -2.64. The largest absolute Gasteiger partial charge is 0.460 e. The smallest absolute Gasteiger partial charge is 0.320 e. The lowest BCUT2D eigenvalue weighted by atomic mass is 10.0. The van der Waals surface area contributed by atoms with Gasteiger partial charge in [-0.2, -0.15) is 39.5 Å². The molecule has 1 rings (SSSR count). The quantitative estimate of drug-likeness (QED) is 0.474. The highest BCUT2D eigenvalue weighted by atomic mass is 19.4. The number of halogens is 9. The predicted octanol–water partition coefficient (Wildman–Crippen LogP) is 4.00. The highest BCUT2D eigenvalue weighted by Gasteiger charge is 2.83. The van der Waals surface area contributed by atoms with Gasteiger partial charge in [0.2, 0.25) is 0 Å². The van der Waals surface area contributed by atoms with Crippen molar-refractivity contribution in [1.29, 1.82) is 0 Å². The van der Waals surface area contributed by atoms with E-state index >= 15 is 0 Å². The van der Waals surface area contributed by atoms with Crippen molar-refractivity contribution in [1.82, 2.24) is 0 Å². The van der Waals surface area contributed by atoms with Crippen LogP contribution in [-0.4, -0.2) is 34.8 Å². The van der Waals surface area contributed by atoms with E-state index in [1.807, 2.05) is 0 Å². The van der Waals surface area contributed by atoms with E-state index in [1.54, 1.807) is 0 Å². The van der Waals surface area contributed by atoms with E-state index in [4.69, 9.17) is 0 Å². The summed E-state index contributed by atoms with van der Waals surface area (Å²) in [6, 6.07) is 2.70. The Kier molecular flexibility index (Phi) is 4.98. The van der Waals surface area contributed by atoms with E-state index < -0.39 is 46.1 Å². The van der Waals surface area contributed by atoms with Crippen molar-refractivity contribution in [2.24, 2.45) is 0 Å². The summed E-state index contributed by atoms with van der Waals surface area (Å²) in [5.74, 6) is -24.0. The van der Waals surface area contributed by atoms with Crippen molar-refractivity contribution in [3.05, 3.63) is 34.4 Å². The van der Waals surface area contributed by atoms with Crippen LogP contribution in [0, 0.1) is 10.1 Å². The molecule has 0 radical (unpaired) electrons. The molecule has 0 atom stereocenters. The number of hydrogen-bond donors (Lipinski definition) is 1. The lowest BCUT2D eigenvalue weighted by molar-refractivity contribution is -0.388. The minimum Gasteiger partial charge on any atom is -0.320 e. The van der Waals surface area contributed by atoms with Crippen LogP contribution in [-0.2, 0) is 4.79 Å². The summed E-state index contributed by atoms with van der Waals surface area (Å²) in [4.78, 5) is 20.5. The molecule has 0 saturated carbocycles. The van der Waals surface area contributed by atoms with E-state index in [0.29, 0.717) is 12.1 Å². The number of nitrogens with one attached hydrogen (secondary N) is 1. The second-order valence-corrected chi connectivity index (χ2v) is 4.48. The van der Waals surface area contributed by atoms with E-state index in [9.17, 15) is 54.4 Å². The molecule has 0 unspecified atom stereocenters. The zero-order valence-corrected chi connectivity index (χ0v) is 11.4. The van der Waals surface area contributed by atoms with Crippen LogP contribution in [0.2, 0.25) is 0 Å². The van der Waals surface area contributed by atoms with Crippen LogP contribution in [0.15, 0.2) is 24.3 Å². The van der Waals surface area contributed by atoms with E-state index in [0.717, 1.165) is 17.4 Å². The number of nitro benzene ring substituents is 1. The monoisotopic (exact) mass is 384 g/mol. The van der Waals surface area contributed by atoms with Crippen molar-refractivity contribution in [2.45, 2.75) is 23.9 Å². The normalized spacial score (nSPS) is 13.5. The van der Waals surface area contributed by atoms with Crippen LogP contribution in [0.3, 0.4) is 0 Å². The van der Waals surface area contributed by atoms with Crippen LogP contribution in [0.4, 0.5) is 50.9 Å². The number of benzene rings is 1. The third-order valence-corrected chi connectivity index (χ3v) is 2.74. The number of nitrogens with zero attached hydrogens (tertiary/aromatic N) is 1. The maximum absolute atomic E-state index is 13.3. The van der Waals surface area contributed by atoms with Gasteiger partial charge in [0.05, 0.1) is 4.92 Å². The van der Waals surface area contributed by atoms with E-state index in [1.165, 1.54) is 0 Å². The molecule has 5 nitrogen and oxygen atoms in total. The first-order valence-corrected chi connectivity index (χ1v) is 5.82. The Hall–Kier alpha value is -2.54. The molecule has 1 aromatic rings. The van der Waals surface area contributed by atoms with E-state index in [-0.39, 0.29) is 0 Å². The number of non-ortho nitro benzene ring substituents is 1. The second kappa shape index (κ2) is 6.07. The summed E-state index contributed by atoms with van der Waals surface area (Å²) < 4.78 is 114. The maximum atomic E-state index is 13.3. The SMILES string of the molecule is O=C(Nc1cccc([N+](=O)[O-])c1)C(F)(F)C(F)(F)C(F)(F)C(F)(F)F. The van der Waals surface area contributed by atoms with Gasteiger partial charge in [0, 0.05) is 17.8 Å². The van der Waals surface area contributed by atoms with Crippen LogP contribution >= 0.6 is 0 Å². The molecular formula is C11H5F9N2O3. The third kappa shape index (κ3) is 3.46. The molecule has 0 aliphatic rings. The van der Waals surface area contributed by atoms with Crippen LogP contribution in [0.5, 0.6) is 0 Å². The molecule has 14 heteroatoms. The summed E-state index contributed by atoms with van der Waals surface area (Å²) in [7, 11) is 0. The first-order chi connectivity index (χ1) is 11.1. The first kappa shape index (κ1) is 20.5. The molecule has 0 aliphatic carbocycles. The molecule has 140 valence electrons. The fraction of sp³-hybridized carbons (Fsp3) is 0.364. The van der Waals surface area contributed by atoms with Crippen LogP contribution in [0.1, 0.15) is 0 Å². The number of nitro groups is 1. The van der Waals surface area contributed by atoms with Crippen molar-refractivity contribution >= 4 is 17.3 Å².